The van der Waals surface area contributed by atoms with E-state index < -0.39 is 6.16 Å². The van der Waals surface area contributed by atoms with Gasteiger partial charge in [0.15, 0.2) is 0 Å². The molecule has 2 aliphatic rings. The molecule has 0 saturated heterocycles. The lowest BCUT2D eigenvalue weighted by Gasteiger charge is -2.22. The van der Waals surface area contributed by atoms with Crippen LogP contribution in [0.1, 0.15) is 60.8 Å². The van der Waals surface area contributed by atoms with E-state index >= 15 is 0 Å². The molecule has 2 bridgehead atoms. The Morgan fingerprint density at radius 2 is 1.77 bits per heavy atom. The van der Waals surface area contributed by atoms with Crippen molar-refractivity contribution >= 4 is 16.9 Å². The highest BCUT2D eigenvalue weighted by Crippen LogP contribution is 2.63. The molecule has 154 valence electrons. The third-order valence-corrected chi connectivity index (χ3v) is 7.05. The van der Waals surface area contributed by atoms with Crippen molar-refractivity contribution in [2.24, 2.45) is 5.92 Å². The summed E-state index contributed by atoms with van der Waals surface area (Å²) in [5, 5.41) is 12.7. The first-order valence-electron chi connectivity index (χ1n) is 10.8. The van der Waals surface area contributed by atoms with Gasteiger partial charge in [-0.1, -0.05) is 44.2 Å². The quantitative estimate of drug-likeness (QED) is 0.396. The summed E-state index contributed by atoms with van der Waals surface area (Å²) >= 11 is 0. The standard InChI is InChI=1S/C26H26O4/c1-4-16-9-10-19-20(13-16)25(30-26(28)29-21-8-6-5-7-14(21)2)23-18-12-11-17(15(18)3)22(23)24(19)27/h5-10,13,15,17-18,27H,4,11-12H2,1-3H3. The number of ether oxygens (including phenoxy) is 2. The third kappa shape index (κ3) is 2.78. The molecule has 0 heterocycles. The van der Waals surface area contributed by atoms with E-state index in [9.17, 15) is 9.90 Å². The number of phenols is 1. The molecular formula is C26H26O4. The fourth-order valence-electron chi connectivity index (χ4n) is 5.44. The Morgan fingerprint density at radius 3 is 2.50 bits per heavy atom. The van der Waals surface area contributed by atoms with Gasteiger partial charge in [-0.2, -0.15) is 0 Å². The summed E-state index contributed by atoms with van der Waals surface area (Å²) in [5.41, 5.74) is 3.97. The van der Waals surface area contributed by atoms with Crippen molar-refractivity contribution < 1.29 is 19.4 Å². The second-order valence-electron chi connectivity index (χ2n) is 8.61. The van der Waals surface area contributed by atoms with Crippen molar-refractivity contribution in [1.82, 2.24) is 0 Å². The summed E-state index contributed by atoms with van der Waals surface area (Å²) in [4.78, 5) is 12.8. The van der Waals surface area contributed by atoms with Gasteiger partial charge < -0.3 is 14.6 Å². The molecular weight excluding hydrogens is 376 g/mol. The number of fused-ring (bicyclic) bond motifs is 6. The Hall–Kier alpha value is -3.01. The molecule has 5 rings (SSSR count). The molecule has 0 radical (unpaired) electrons. The summed E-state index contributed by atoms with van der Waals surface area (Å²) in [6.45, 7) is 6.22. The number of carbonyl (C=O) groups excluding carboxylic acids is 1. The predicted molar refractivity (Wildman–Crippen MR) is 117 cm³/mol. The van der Waals surface area contributed by atoms with Crippen molar-refractivity contribution in [2.45, 2.75) is 51.9 Å². The van der Waals surface area contributed by atoms with E-state index in [-0.39, 0.29) is 0 Å². The van der Waals surface area contributed by atoms with Crippen LogP contribution in [0.25, 0.3) is 10.8 Å². The zero-order valence-corrected chi connectivity index (χ0v) is 17.6. The molecule has 3 unspecified atom stereocenters. The van der Waals surface area contributed by atoms with E-state index in [4.69, 9.17) is 9.47 Å². The van der Waals surface area contributed by atoms with E-state index in [2.05, 4.69) is 13.8 Å². The topological polar surface area (TPSA) is 55.8 Å². The van der Waals surface area contributed by atoms with Gasteiger partial charge in [-0.15, -0.1) is 0 Å². The van der Waals surface area contributed by atoms with Gasteiger partial charge in [0, 0.05) is 21.9 Å². The van der Waals surface area contributed by atoms with Crippen molar-refractivity contribution in [2.75, 3.05) is 0 Å². The highest BCUT2D eigenvalue weighted by Gasteiger charge is 2.47. The average Bonchev–Trinajstić information content (AvgIpc) is 3.25. The van der Waals surface area contributed by atoms with Gasteiger partial charge in [-0.05, 0) is 67.2 Å². The highest BCUT2D eigenvalue weighted by molar-refractivity contribution is 5.98. The zero-order chi connectivity index (χ0) is 21.0. The molecule has 0 amide bonds. The van der Waals surface area contributed by atoms with E-state index in [0.29, 0.717) is 35.0 Å². The highest BCUT2D eigenvalue weighted by atomic mass is 16.7. The van der Waals surface area contributed by atoms with E-state index in [1.165, 1.54) is 0 Å². The number of rotatable bonds is 3. The number of aryl methyl sites for hydroxylation is 2. The molecule has 1 N–H and O–H groups in total. The van der Waals surface area contributed by atoms with Crippen molar-refractivity contribution in [1.29, 1.82) is 0 Å². The van der Waals surface area contributed by atoms with Gasteiger partial charge in [0.2, 0.25) is 0 Å². The minimum Gasteiger partial charge on any atom is -0.507 e. The van der Waals surface area contributed by atoms with Gasteiger partial charge in [0.25, 0.3) is 0 Å². The first-order chi connectivity index (χ1) is 14.5. The molecule has 4 nitrogen and oxygen atoms in total. The first kappa shape index (κ1) is 19.0. The molecule has 2 aliphatic carbocycles. The summed E-state index contributed by atoms with van der Waals surface area (Å²) < 4.78 is 11.4. The third-order valence-electron chi connectivity index (χ3n) is 7.05. The molecule has 4 heteroatoms. The molecule has 0 aliphatic heterocycles. The van der Waals surface area contributed by atoms with Crippen LogP contribution in [0, 0.1) is 12.8 Å². The average molecular weight is 402 g/mol. The minimum atomic E-state index is -0.740. The Labute approximate surface area is 176 Å². The Bertz CT molecular complexity index is 1160. The van der Waals surface area contributed by atoms with Crippen LogP contribution in [0.3, 0.4) is 0 Å². The summed E-state index contributed by atoms with van der Waals surface area (Å²) in [6, 6.07) is 13.4. The first-order valence-corrected chi connectivity index (χ1v) is 10.8. The summed E-state index contributed by atoms with van der Waals surface area (Å²) in [7, 11) is 0. The van der Waals surface area contributed by atoms with Gasteiger partial charge in [-0.3, -0.25) is 0 Å². The lowest BCUT2D eigenvalue weighted by molar-refractivity contribution is 0.151. The van der Waals surface area contributed by atoms with Gasteiger partial charge >= 0.3 is 6.16 Å². The molecule has 0 spiro atoms. The van der Waals surface area contributed by atoms with Gasteiger partial charge in [-0.25, -0.2) is 4.79 Å². The molecule has 3 aromatic carbocycles. The van der Waals surface area contributed by atoms with Crippen molar-refractivity contribution in [3.8, 4) is 17.2 Å². The number of para-hydroxylation sites is 1. The van der Waals surface area contributed by atoms with Crippen LogP contribution in [-0.2, 0) is 6.42 Å². The minimum absolute atomic E-state index is 0.298. The fraction of sp³-hybridized carbons (Fsp3) is 0.346. The maximum Gasteiger partial charge on any atom is 0.519 e. The molecule has 1 saturated carbocycles. The van der Waals surface area contributed by atoms with Crippen molar-refractivity contribution in [3.05, 3.63) is 64.7 Å². The Morgan fingerprint density at radius 1 is 1.03 bits per heavy atom. The zero-order valence-electron chi connectivity index (χ0n) is 17.6. The lowest BCUT2D eigenvalue weighted by atomic mass is 9.87. The van der Waals surface area contributed by atoms with E-state index in [1.807, 2.05) is 43.3 Å². The van der Waals surface area contributed by atoms with Crippen LogP contribution in [0.5, 0.6) is 17.2 Å². The normalized spacial score (nSPS) is 21.6. The molecule has 3 atom stereocenters. The largest absolute Gasteiger partial charge is 0.519 e. The number of hydrogen-bond acceptors (Lipinski definition) is 4. The Kier molecular flexibility index (Phi) is 4.46. The van der Waals surface area contributed by atoms with Crippen LogP contribution < -0.4 is 9.47 Å². The van der Waals surface area contributed by atoms with Crippen LogP contribution in [0.2, 0.25) is 0 Å². The Balaban J connectivity index is 1.64. The SMILES string of the molecule is CCc1ccc2c(O)c3c(c(OC(=O)Oc4ccccc4C)c2c1)C1CCC3C1C. The molecule has 3 aromatic rings. The molecule has 30 heavy (non-hydrogen) atoms. The fourth-order valence-corrected chi connectivity index (χ4v) is 5.44. The maximum atomic E-state index is 12.8. The monoisotopic (exact) mass is 402 g/mol. The summed E-state index contributed by atoms with van der Waals surface area (Å²) in [5.74, 6) is 2.45. The number of aromatic hydroxyl groups is 1. The van der Waals surface area contributed by atoms with E-state index in [0.717, 1.165) is 52.3 Å². The van der Waals surface area contributed by atoms with Gasteiger partial charge in [0.05, 0.1) is 0 Å². The summed E-state index contributed by atoms with van der Waals surface area (Å²) in [6.07, 6.45) is 2.25. The molecule has 0 aromatic heterocycles. The number of carbonyl (C=O) groups is 1. The molecule has 1 fully saturated rings. The predicted octanol–water partition coefficient (Wildman–Crippen LogP) is 6.60. The van der Waals surface area contributed by atoms with Crippen LogP contribution in [0.4, 0.5) is 4.79 Å². The lowest BCUT2D eigenvalue weighted by Crippen LogP contribution is -2.16. The number of phenolic OH excluding ortho intramolecular Hbond substituents is 1. The number of hydrogen-bond donors (Lipinski definition) is 1. The van der Waals surface area contributed by atoms with Crippen LogP contribution in [0.15, 0.2) is 42.5 Å². The maximum absolute atomic E-state index is 12.8. The van der Waals surface area contributed by atoms with E-state index in [1.54, 1.807) is 6.07 Å². The van der Waals surface area contributed by atoms with Gasteiger partial charge in [0.1, 0.15) is 17.2 Å². The number of benzene rings is 3. The van der Waals surface area contributed by atoms with Crippen LogP contribution >= 0.6 is 0 Å². The van der Waals surface area contributed by atoms with Crippen molar-refractivity contribution in [3.63, 3.8) is 0 Å². The second kappa shape index (κ2) is 7.05. The smallest absolute Gasteiger partial charge is 0.507 e. The van der Waals surface area contributed by atoms with Crippen LogP contribution in [-0.4, -0.2) is 11.3 Å². The second-order valence-corrected chi connectivity index (χ2v) is 8.61.